The Kier molecular flexibility index (Phi) is 4.03. The Morgan fingerprint density at radius 3 is 2.94 bits per heavy atom. The first-order valence-corrected chi connectivity index (χ1v) is 6.60. The molecule has 0 radical (unpaired) electrons. The van der Waals surface area contributed by atoms with Gasteiger partial charge in [0.1, 0.15) is 6.07 Å². The van der Waals surface area contributed by atoms with Crippen LogP contribution in [0, 0.1) is 17.2 Å². The molecule has 1 fully saturated rings. The first kappa shape index (κ1) is 12.4. The lowest BCUT2D eigenvalue weighted by Gasteiger charge is -2.13. The third kappa shape index (κ3) is 3.21. The maximum Gasteiger partial charge on any atom is 0.101 e. The van der Waals surface area contributed by atoms with Gasteiger partial charge in [0.15, 0.2) is 0 Å². The van der Waals surface area contributed by atoms with Crippen molar-refractivity contribution in [3.05, 3.63) is 28.2 Å². The minimum absolute atomic E-state index is 0.139. The van der Waals surface area contributed by atoms with Crippen LogP contribution >= 0.6 is 15.9 Å². The number of rotatable bonds is 3. The van der Waals surface area contributed by atoms with Crippen LogP contribution in [0.3, 0.4) is 0 Å². The van der Waals surface area contributed by atoms with Gasteiger partial charge >= 0.3 is 0 Å². The van der Waals surface area contributed by atoms with Crippen LogP contribution in [0.2, 0.25) is 0 Å². The number of nitrogens with zero attached hydrogens (tertiary/aromatic N) is 1. The first-order chi connectivity index (χ1) is 8.19. The van der Waals surface area contributed by atoms with Crippen molar-refractivity contribution in [3.8, 4) is 6.07 Å². The smallest absolute Gasteiger partial charge is 0.101 e. The lowest BCUT2D eigenvalue weighted by Crippen LogP contribution is -2.13. The Morgan fingerprint density at radius 1 is 1.47 bits per heavy atom. The standard InChI is InChI=1S/C13H15BrN2O/c14-11-3-2-10(7-15)13(6-11)16-8-9-1-4-12(17)5-9/h2-3,6,9,12,16-17H,1,4-5,8H2. The van der Waals surface area contributed by atoms with Crippen molar-refractivity contribution in [3.63, 3.8) is 0 Å². The van der Waals surface area contributed by atoms with E-state index in [0.29, 0.717) is 11.5 Å². The molecule has 4 heteroatoms. The van der Waals surface area contributed by atoms with E-state index in [4.69, 9.17) is 5.26 Å². The van der Waals surface area contributed by atoms with E-state index in [9.17, 15) is 5.11 Å². The number of benzene rings is 1. The molecule has 1 saturated carbocycles. The van der Waals surface area contributed by atoms with Gasteiger partial charge in [-0.2, -0.15) is 5.26 Å². The summed E-state index contributed by atoms with van der Waals surface area (Å²) in [6.07, 6.45) is 2.68. The molecule has 0 aromatic heterocycles. The van der Waals surface area contributed by atoms with Gasteiger partial charge < -0.3 is 10.4 Å². The third-order valence-corrected chi connectivity index (χ3v) is 3.69. The lowest BCUT2D eigenvalue weighted by molar-refractivity contribution is 0.178. The van der Waals surface area contributed by atoms with Gasteiger partial charge in [0.2, 0.25) is 0 Å². The minimum Gasteiger partial charge on any atom is -0.393 e. The van der Waals surface area contributed by atoms with Crippen LogP contribution in [0.5, 0.6) is 0 Å². The zero-order chi connectivity index (χ0) is 12.3. The number of hydrogen-bond donors (Lipinski definition) is 2. The molecular weight excluding hydrogens is 280 g/mol. The van der Waals surface area contributed by atoms with Crippen LogP contribution in [0.1, 0.15) is 24.8 Å². The lowest BCUT2D eigenvalue weighted by atomic mass is 10.1. The van der Waals surface area contributed by atoms with Crippen LogP contribution in [0.25, 0.3) is 0 Å². The number of hydrogen-bond acceptors (Lipinski definition) is 3. The first-order valence-electron chi connectivity index (χ1n) is 5.80. The van der Waals surface area contributed by atoms with E-state index in [-0.39, 0.29) is 6.10 Å². The summed E-state index contributed by atoms with van der Waals surface area (Å²) in [5.41, 5.74) is 1.52. The van der Waals surface area contributed by atoms with Gasteiger partial charge in [-0.25, -0.2) is 0 Å². The van der Waals surface area contributed by atoms with Gasteiger partial charge in [0, 0.05) is 11.0 Å². The molecule has 0 heterocycles. The molecule has 1 aliphatic carbocycles. The molecule has 2 unspecified atom stereocenters. The fourth-order valence-corrected chi connectivity index (χ4v) is 2.61. The van der Waals surface area contributed by atoms with E-state index in [1.54, 1.807) is 6.07 Å². The normalized spacial score (nSPS) is 23.4. The maximum absolute atomic E-state index is 9.45. The fourth-order valence-electron chi connectivity index (χ4n) is 2.25. The van der Waals surface area contributed by atoms with E-state index in [0.717, 1.165) is 36.0 Å². The Morgan fingerprint density at radius 2 is 2.29 bits per heavy atom. The molecule has 1 aromatic carbocycles. The monoisotopic (exact) mass is 294 g/mol. The molecule has 0 spiro atoms. The molecule has 1 aliphatic rings. The van der Waals surface area contributed by atoms with Crippen molar-refractivity contribution < 1.29 is 5.11 Å². The van der Waals surface area contributed by atoms with Gasteiger partial charge in [0.05, 0.1) is 17.4 Å². The van der Waals surface area contributed by atoms with Crippen LogP contribution in [-0.4, -0.2) is 17.8 Å². The average Bonchev–Trinajstić information content (AvgIpc) is 2.73. The van der Waals surface area contributed by atoms with Gasteiger partial charge in [-0.3, -0.25) is 0 Å². The van der Waals surface area contributed by atoms with E-state index in [1.165, 1.54) is 0 Å². The summed E-state index contributed by atoms with van der Waals surface area (Å²) in [5.74, 6) is 0.510. The van der Waals surface area contributed by atoms with E-state index < -0.39 is 0 Å². The predicted octanol–water partition coefficient (Wildman–Crippen LogP) is 2.89. The Balaban J connectivity index is 1.99. The number of anilines is 1. The maximum atomic E-state index is 9.45. The van der Waals surface area contributed by atoms with Gasteiger partial charge in [0.25, 0.3) is 0 Å². The highest BCUT2D eigenvalue weighted by molar-refractivity contribution is 9.10. The summed E-state index contributed by atoms with van der Waals surface area (Å²) in [7, 11) is 0. The molecule has 0 saturated heterocycles. The predicted molar refractivity (Wildman–Crippen MR) is 70.7 cm³/mol. The highest BCUT2D eigenvalue weighted by Crippen LogP contribution is 2.27. The third-order valence-electron chi connectivity index (χ3n) is 3.20. The number of nitriles is 1. The molecule has 17 heavy (non-hydrogen) atoms. The molecule has 2 N–H and O–H groups in total. The minimum atomic E-state index is -0.139. The highest BCUT2D eigenvalue weighted by Gasteiger charge is 2.22. The van der Waals surface area contributed by atoms with Gasteiger partial charge in [-0.05, 0) is 43.4 Å². The molecule has 3 nitrogen and oxygen atoms in total. The second-order valence-corrected chi connectivity index (χ2v) is 5.43. The number of aliphatic hydroxyl groups excluding tert-OH is 1. The fraction of sp³-hybridized carbons (Fsp3) is 0.462. The number of halogens is 1. The van der Waals surface area contributed by atoms with Gasteiger partial charge in [-0.15, -0.1) is 0 Å². The van der Waals surface area contributed by atoms with E-state index in [1.807, 2.05) is 12.1 Å². The van der Waals surface area contributed by atoms with E-state index in [2.05, 4.69) is 27.3 Å². The van der Waals surface area contributed by atoms with Crippen molar-refractivity contribution in [2.24, 2.45) is 5.92 Å². The molecule has 0 amide bonds. The Bertz CT molecular complexity index is 442. The zero-order valence-corrected chi connectivity index (χ0v) is 11.1. The van der Waals surface area contributed by atoms with Crippen LogP contribution < -0.4 is 5.32 Å². The van der Waals surface area contributed by atoms with Crippen molar-refractivity contribution in [2.75, 3.05) is 11.9 Å². The molecular formula is C13H15BrN2O. The number of nitrogens with one attached hydrogen (secondary N) is 1. The molecule has 90 valence electrons. The Labute approximate surface area is 110 Å². The summed E-state index contributed by atoms with van der Waals surface area (Å²) in [6.45, 7) is 0.822. The second-order valence-electron chi connectivity index (χ2n) is 4.52. The van der Waals surface area contributed by atoms with Crippen molar-refractivity contribution in [2.45, 2.75) is 25.4 Å². The SMILES string of the molecule is N#Cc1ccc(Br)cc1NCC1CCC(O)C1. The Hall–Kier alpha value is -1.05. The molecule has 0 aliphatic heterocycles. The summed E-state index contributed by atoms with van der Waals surface area (Å²) in [4.78, 5) is 0. The summed E-state index contributed by atoms with van der Waals surface area (Å²) >= 11 is 3.40. The average molecular weight is 295 g/mol. The van der Waals surface area contributed by atoms with Crippen molar-refractivity contribution in [1.82, 2.24) is 0 Å². The summed E-state index contributed by atoms with van der Waals surface area (Å²) < 4.78 is 0.963. The highest BCUT2D eigenvalue weighted by atomic mass is 79.9. The summed E-state index contributed by atoms with van der Waals surface area (Å²) in [5, 5.41) is 21.8. The second kappa shape index (κ2) is 5.52. The molecule has 0 bridgehead atoms. The van der Waals surface area contributed by atoms with Crippen LogP contribution in [0.4, 0.5) is 5.69 Å². The zero-order valence-electron chi connectivity index (χ0n) is 9.49. The van der Waals surface area contributed by atoms with Crippen molar-refractivity contribution >= 4 is 21.6 Å². The number of aliphatic hydroxyl groups is 1. The molecule has 1 aromatic rings. The van der Waals surface area contributed by atoms with Crippen molar-refractivity contribution in [1.29, 1.82) is 5.26 Å². The van der Waals surface area contributed by atoms with Crippen LogP contribution in [-0.2, 0) is 0 Å². The van der Waals surface area contributed by atoms with Gasteiger partial charge in [-0.1, -0.05) is 15.9 Å². The summed E-state index contributed by atoms with van der Waals surface area (Å²) in [6, 6.07) is 7.76. The largest absolute Gasteiger partial charge is 0.393 e. The molecule has 2 rings (SSSR count). The quantitative estimate of drug-likeness (QED) is 0.901. The molecule has 2 atom stereocenters. The van der Waals surface area contributed by atoms with E-state index >= 15 is 0 Å². The topological polar surface area (TPSA) is 56.0 Å². The van der Waals surface area contributed by atoms with Crippen LogP contribution in [0.15, 0.2) is 22.7 Å².